The second-order valence-electron chi connectivity index (χ2n) is 5.54. The zero-order valence-corrected chi connectivity index (χ0v) is 13.6. The molecule has 2 heteroatoms. The fourth-order valence-corrected chi connectivity index (χ4v) is 2.56. The Morgan fingerprint density at radius 2 is 1.14 bits per heavy atom. The van der Waals surface area contributed by atoms with E-state index in [2.05, 4.69) is 74.7 Å². The van der Waals surface area contributed by atoms with Crippen molar-refractivity contribution in [1.82, 2.24) is 0 Å². The van der Waals surface area contributed by atoms with Gasteiger partial charge in [0.05, 0.1) is 0 Å². The lowest BCUT2D eigenvalue weighted by atomic mass is 10.0. The van der Waals surface area contributed by atoms with Crippen molar-refractivity contribution in [1.29, 1.82) is 0 Å². The molecule has 0 unspecified atom stereocenters. The molecule has 0 bridgehead atoms. The Hall–Kier alpha value is -1.96. The zero-order valence-electron chi connectivity index (χ0n) is 13.6. The minimum atomic E-state index is 0.958. The van der Waals surface area contributed by atoms with E-state index in [1.54, 1.807) is 0 Å². The van der Waals surface area contributed by atoms with Crippen molar-refractivity contribution >= 4 is 11.4 Å². The van der Waals surface area contributed by atoms with Gasteiger partial charge in [-0.3, -0.25) is 0 Å². The largest absolute Gasteiger partial charge is 0.385 e. The van der Waals surface area contributed by atoms with Crippen LogP contribution >= 0.6 is 0 Å². The van der Waals surface area contributed by atoms with E-state index in [0.29, 0.717) is 0 Å². The van der Waals surface area contributed by atoms with Gasteiger partial charge < -0.3 is 10.6 Å². The molecule has 0 amide bonds. The highest BCUT2D eigenvalue weighted by Crippen LogP contribution is 2.22. The van der Waals surface area contributed by atoms with Crippen molar-refractivity contribution in [3.05, 3.63) is 58.7 Å². The molecule has 0 spiro atoms. The first kappa shape index (κ1) is 15.4. The summed E-state index contributed by atoms with van der Waals surface area (Å²) >= 11 is 0. The van der Waals surface area contributed by atoms with Crippen molar-refractivity contribution in [3.8, 4) is 0 Å². The van der Waals surface area contributed by atoms with Crippen LogP contribution in [0.5, 0.6) is 0 Å². The van der Waals surface area contributed by atoms with Gasteiger partial charge >= 0.3 is 0 Å². The molecule has 0 fully saturated rings. The maximum absolute atomic E-state index is 3.43. The van der Waals surface area contributed by atoms with E-state index in [1.165, 1.54) is 33.6 Å². The molecule has 2 rings (SSSR count). The topological polar surface area (TPSA) is 24.1 Å². The normalized spacial score (nSPS) is 10.5. The third kappa shape index (κ3) is 4.01. The predicted molar refractivity (Wildman–Crippen MR) is 93.5 cm³/mol. The van der Waals surface area contributed by atoms with Gasteiger partial charge in [-0.05, 0) is 68.5 Å². The average Bonchev–Trinajstić information content (AvgIpc) is 2.47. The molecular weight excluding hydrogens is 256 g/mol. The quantitative estimate of drug-likeness (QED) is 0.798. The Labute approximate surface area is 128 Å². The molecule has 0 atom stereocenters. The first-order valence-corrected chi connectivity index (χ1v) is 7.80. The molecule has 2 N–H and O–H groups in total. The number of aryl methyl sites for hydroxylation is 2. The molecule has 2 aromatic carbocycles. The van der Waals surface area contributed by atoms with Gasteiger partial charge in [0.2, 0.25) is 0 Å². The Bertz CT molecular complexity index is 549. The van der Waals surface area contributed by atoms with Crippen molar-refractivity contribution < 1.29 is 0 Å². The molecule has 21 heavy (non-hydrogen) atoms. The van der Waals surface area contributed by atoms with E-state index < -0.39 is 0 Å². The molecule has 0 radical (unpaired) electrons. The Morgan fingerprint density at radius 1 is 0.714 bits per heavy atom. The first-order valence-electron chi connectivity index (χ1n) is 7.80. The first-order chi connectivity index (χ1) is 10.1. The fourth-order valence-electron chi connectivity index (χ4n) is 2.56. The van der Waals surface area contributed by atoms with Gasteiger partial charge in [0.1, 0.15) is 0 Å². The molecule has 0 aromatic heterocycles. The van der Waals surface area contributed by atoms with E-state index in [1.807, 2.05) is 0 Å². The van der Waals surface area contributed by atoms with Crippen LogP contribution in [0.15, 0.2) is 36.4 Å². The van der Waals surface area contributed by atoms with Crippen LogP contribution in [0.1, 0.15) is 36.1 Å². The minimum absolute atomic E-state index is 0.958. The summed E-state index contributed by atoms with van der Waals surface area (Å²) in [6.45, 7) is 10.5. The number of hydrogen-bond donors (Lipinski definition) is 2. The fraction of sp³-hybridized carbons (Fsp3) is 0.368. The summed E-state index contributed by atoms with van der Waals surface area (Å²) in [6.07, 6.45) is 0.970. The van der Waals surface area contributed by atoms with E-state index in [9.17, 15) is 0 Å². The SMILES string of the molecule is CCNc1cc(Cc2ccc(C)c(NCC)c2)ccc1C. The van der Waals surface area contributed by atoms with Crippen molar-refractivity contribution in [2.75, 3.05) is 23.7 Å². The second kappa shape index (κ2) is 7.16. The minimum Gasteiger partial charge on any atom is -0.385 e. The standard InChI is InChI=1S/C19H26N2/c1-5-20-18-12-16(9-7-14(18)3)11-17-10-8-15(4)19(13-17)21-6-2/h7-10,12-13,20-21H,5-6,11H2,1-4H3. The van der Waals surface area contributed by atoms with Gasteiger partial charge in [0.15, 0.2) is 0 Å². The van der Waals surface area contributed by atoms with Gasteiger partial charge in [-0.1, -0.05) is 24.3 Å². The molecule has 112 valence electrons. The highest BCUT2D eigenvalue weighted by Gasteiger charge is 2.03. The van der Waals surface area contributed by atoms with Crippen LogP contribution in [0.3, 0.4) is 0 Å². The van der Waals surface area contributed by atoms with Crippen molar-refractivity contribution in [2.45, 2.75) is 34.1 Å². The van der Waals surface area contributed by atoms with Crippen LogP contribution in [0.25, 0.3) is 0 Å². The summed E-state index contributed by atoms with van der Waals surface area (Å²) in [5.74, 6) is 0. The lowest BCUT2D eigenvalue weighted by Crippen LogP contribution is -2.01. The van der Waals surface area contributed by atoms with E-state index >= 15 is 0 Å². The maximum Gasteiger partial charge on any atom is 0.0372 e. The summed E-state index contributed by atoms with van der Waals surface area (Å²) < 4.78 is 0. The van der Waals surface area contributed by atoms with Crippen molar-refractivity contribution in [3.63, 3.8) is 0 Å². The van der Waals surface area contributed by atoms with E-state index in [4.69, 9.17) is 0 Å². The summed E-state index contributed by atoms with van der Waals surface area (Å²) in [6, 6.07) is 13.4. The van der Waals surface area contributed by atoms with Crippen LogP contribution in [0.4, 0.5) is 11.4 Å². The Balaban J connectivity index is 2.21. The second-order valence-corrected chi connectivity index (χ2v) is 5.54. The maximum atomic E-state index is 3.43. The predicted octanol–water partition coefficient (Wildman–Crippen LogP) is 4.76. The third-order valence-corrected chi connectivity index (χ3v) is 3.75. The molecule has 0 aliphatic rings. The molecule has 2 nitrogen and oxygen atoms in total. The van der Waals surface area contributed by atoms with Crippen LogP contribution < -0.4 is 10.6 Å². The van der Waals surface area contributed by atoms with Gasteiger partial charge in [-0.25, -0.2) is 0 Å². The molecule has 0 saturated carbocycles. The Morgan fingerprint density at radius 3 is 1.52 bits per heavy atom. The number of benzene rings is 2. The van der Waals surface area contributed by atoms with Gasteiger partial charge in [0.25, 0.3) is 0 Å². The lowest BCUT2D eigenvalue weighted by molar-refractivity contribution is 1.14. The van der Waals surface area contributed by atoms with Crippen molar-refractivity contribution in [2.24, 2.45) is 0 Å². The molecule has 0 aliphatic heterocycles. The Kier molecular flexibility index (Phi) is 5.26. The van der Waals surface area contributed by atoms with Crippen LogP contribution in [0, 0.1) is 13.8 Å². The number of hydrogen-bond acceptors (Lipinski definition) is 2. The smallest absolute Gasteiger partial charge is 0.0372 e. The van der Waals surface area contributed by atoms with E-state index in [0.717, 1.165) is 19.5 Å². The molecule has 0 heterocycles. The van der Waals surface area contributed by atoms with Crippen LogP contribution in [-0.4, -0.2) is 13.1 Å². The molecule has 0 aliphatic carbocycles. The van der Waals surface area contributed by atoms with E-state index in [-0.39, 0.29) is 0 Å². The van der Waals surface area contributed by atoms with Gasteiger partial charge in [0, 0.05) is 24.5 Å². The summed E-state index contributed by atoms with van der Waals surface area (Å²) in [7, 11) is 0. The average molecular weight is 282 g/mol. The zero-order chi connectivity index (χ0) is 15.2. The number of rotatable bonds is 6. The summed E-state index contributed by atoms with van der Waals surface area (Å²) in [4.78, 5) is 0. The molecule has 2 aromatic rings. The highest BCUT2D eigenvalue weighted by molar-refractivity contribution is 5.55. The van der Waals surface area contributed by atoms with Gasteiger partial charge in [-0.15, -0.1) is 0 Å². The lowest BCUT2D eigenvalue weighted by Gasteiger charge is -2.12. The third-order valence-electron chi connectivity index (χ3n) is 3.75. The number of anilines is 2. The summed E-state index contributed by atoms with van der Waals surface area (Å²) in [5, 5.41) is 6.86. The summed E-state index contributed by atoms with van der Waals surface area (Å²) in [5.41, 5.74) is 7.80. The van der Waals surface area contributed by atoms with Crippen LogP contribution in [-0.2, 0) is 6.42 Å². The van der Waals surface area contributed by atoms with Gasteiger partial charge in [-0.2, -0.15) is 0 Å². The molecule has 0 saturated heterocycles. The van der Waals surface area contributed by atoms with Crippen LogP contribution in [0.2, 0.25) is 0 Å². The number of nitrogens with one attached hydrogen (secondary N) is 2. The monoisotopic (exact) mass is 282 g/mol. The molecular formula is C19H26N2. The highest BCUT2D eigenvalue weighted by atomic mass is 14.9.